The van der Waals surface area contributed by atoms with Crippen molar-refractivity contribution < 1.29 is 4.39 Å². The third-order valence-corrected chi connectivity index (χ3v) is 4.14. The third kappa shape index (κ3) is 3.00. The zero-order chi connectivity index (χ0) is 15.0. The van der Waals surface area contributed by atoms with Crippen LogP contribution in [0.5, 0.6) is 0 Å². The van der Waals surface area contributed by atoms with Crippen LogP contribution in [0.15, 0.2) is 24.3 Å². The van der Waals surface area contributed by atoms with Crippen molar-refractivity contribution >= 4 is 17.4 Å². The molecule has 21 heavy (non-hydrogen) atoms. The lowest BCUT2D eigenvalue weighted by Gasteiger charge is -2.18. The summed E-state index contributed by atoms with van der Waals surface area (Å²) >= 11 is 6.19. The Morgan fingerprint density at radius 2 is 2.00 bits per heavy atom. The second kappa shape index (κ2) is 5.60. The summed E-state index contributed by atoms with van der Waals surface area (Å²) in [7, 11) is 0. The molecule has 3 rings (SSSR count). The summed E-state index contributed by atoms with van der Waals surface area (Å²) in [6.07, 6.45) is 2.23. The van der Waals surface area contributed by atoms with Crippen LogP contribution in [0.4, 0.5) is 10.2 Å². The predicted octanol–water partition coefficient (Wildman–Crippen LogP) is 4.63. The highest BCUT2D eigenvalue weighted by atomic mass is 35.5. The van der Waals surface area contributed by atoms with Crippen molar-refractivity contribution in [3.63, 3.8) is 0 Å². The molecule has 2 aromatic rings. The zero-order valence-electron chi connectivity index (χ0n) is 12.0. The van der Waals surface area contributed by atoms with E-state index < -0.39 is 0 Å². The van der Waals surface area contributed by atoms with Crippen LogP contribution in [0.1, 0.15) is 48.7 Å². The molecule has 0 saturated heterocycles. The Bertz CT molecular complexity index is 671. The molecule has 0 radical (unpaired) electrons. The Morgan fingerprint density at radius 1 is 1.29 bits per heavy atom. The standard InChI is InChI=1S/C16H17ClFN3/c1-9-14(17)20-16(11-7-8-11)21-15(9)19-10(2)12-5-3-4-6-13(12)18/h3-6,10-11H,7-8H2,1-2H3,(H,19,20,21). The van der Waals surface area contributed by atoms with Crippen molar-refractivity contribution in [1.82, 2.24) is 9.97 Å². The van der Waals surface area contributed by atoms with Gasteiger partial charge in [0.15, 0.2) is 0 Å². The van der Waals surface area contributed by atoms with Crippen LogP contribution in [-0.4, -0.2) is 9.97 Å². The largest absolute Gasteiger partial charge is 0.363 e. The summed E-state index contributed by atoms with van der Waals surface area (Å²) in [6.45, 7) is 3.78. The summed E-state index contributed by atoms with van der Waals surface area (Å²) < 4.78 is 13.8. The first kappa shape index (κ1) is 14.3. The molecule has 0 spiro atoms. The van der Waals surface area contributed by atoms with Gasteiger partial charge in [-0.05, 0) is 32.8 Å². The Balaban J connectivity index is 1.89. The molecule has 110 valence electrons. The lowest BCUT2D eigenvalue weighted by atomic mass is 10.1. The summed E-state index contributed by atoms with van der Waals surface area (Å²) in [6, 6.07) is 6.55. The lowest BCUT2D eigenvalue weighted by molar-refractivity contribution is 0.600. The number of halogens is 2. The quantitative estimate of drug-likeness (QED) is 0.837. The van der Waals surface area contributed by atoms with E-state index in [4.69, 9.17) is 11.6 Å². The molecule has 0 aliphatic heterocycles. The number of anilines is 1. The Hall–Kier alpha value is -1.68. The molecule has 1 saturated carbocycles. The normalized spacial score (nSPS) is 15.8. The number of nitrogens with zero attached hydrogens (tertiary/aromatic N) is 2. The van der Waals surface area contributed by atoms with Gasteiger partial charge in [0.05, 0.1) is 6.04 Å². The summed E-state index contributed by atoms with van der Waals surface area (Å²) in [5.41, 5.74) is 1.41. The van der Waals surface area contributed by atoms with Gasteiger partial charge < -0.3 is 5.32 Å². The van der Waals surface area contributed by atoms with Crippen LogP contribution >= 0.6 is 11.6 Å². The Kier molecular flexibility index (Phi) is 3.81. The number of nitrogens with one attached hydrogen (secondary N) is 1. The van der Waals surface area contributed by atoms with E-state index in [0.29, 0.717) is 22.5 Å². The van der Waals surface area contributed by atoms with E-state index in [2.05, 4.69) is 15.3 Å². The first-order valence-electron chi connectivity index (χ1n) is 7.11. The summed E-state index contributed by atoms with van der Waals surface area (Å²) in [5, 5.41) is 3.72. The van der Waals surface area contributed by atoms with Crippen LogP contribution in [0, 0.1) is 12.7 Å². The average Bonchev–Trinajstić information content (AvgIpc) is 3.28. The van der Waals surface area contributed by atoms with E-state index in [0.717, 1.165) is 24.2 Å². The van der Waals surface area contributed by atoms with Crippen LogP contribution in [0.2, 0.25) is 5.15 Å². The highest BCUT2D eigenvalue weighted by molar-refractivity contribution is 6.30. The maximum Gasteiger partial charge on any atom is 0.137 e. The van der Waals surface area contributed by atoms with Gasteiger partial charge >= 0.3 is 0 Å². The molecule has 1 aliphatic rings. The number of hydrogen-bond donors (Lipinski definition) is 1. The molecule has 1 aromatic carbocycles. The van der Waals surface area contributed by atoms with Crippen molar-refractivity contribution in [1.29, 1.82) is 0 Å². The summed E-state index contributed by atoms with van der Waals surface area (Å²) in [4.78, 5) is 8.89. The molecule has 1 N–H and O–H groups in total. The fourth-order valence-corrected chi connectivity index (χ4v) is 2.46. The molecule has 1 aromatic heterocycles. The van der Waals surface area contributed by atoms with Gasteiger partial charge in [0.1, 0.15) is 22.6 Å². The second-order valence-corrected chi connectivity index (χ2v) is 5.87. The maximum absolute atomic E-state index is 13.8. The molecule has 5 heteroatoms. The first-order chi connectivity index (χ1) is 10.1. The molecule has 1 heterocycles. The van der Waals surface area contributed by atoms with E-state index in [1.165, 1.54) is 6.07 Å². The molecule has 1 fully saturated rings. The highest BCUT2D eigenvalue weighted by Crippen LogP contribution is 2.39. The number of benzene rings is 1. The number of aromatic nitrogens is 2. The minimum absolute atomic E-state index is 0.192. The van der Waals surface area contributed by atoms with Crippen LogP contribution < -0.4 is 5.32 Å². The Morgan fingerprint density at radius 3 is 2.67 bits per heavy atom. The van der Waals surface area contributed by atoms with E-state index >= 15 is 0 Å². The fraction of sp³-hybridized carbons (Fsp3) is 0.375. The molecule has 3 nitrogen and oxygen atoms in total. The van der Waals surface area contributed by atoms with E-state index in [1.807, 2.05) is 19.9 Å². The van der Waals surface area contributed by atoms with Crippen LogP contribution in [0.3, 0.4) is 0 Å². The zero-order valence-corrected chi connectivity index (χ0v) is 12.8. The predicted molar refractivity (Wildman–Crippen MR) is 82.2 cm³/mol. The molecule has 0 bridgehead atoms. The molecule has 0 amide bonds. The first-order valence-corrected chi connectivity index (χ1v) is 7.49. The van der Waals surface area contributed by atoms with E-state index in [-0.39, 0.29) is 11.9 Å². The molecule has 1 unspecified atom stereocenters. The van der Waals surface area contributed by atoms with Crippen molar-refractivity contribution in [2.75, 3.05) is 5.32 Å². The minimum Gasteiger partial charge on any atom is -0.363 e. The van der Waals surface area contributed by atoms with Gasteiger partial charge in [-0.3, -0.25) is 0 Å². The fourth-order valence-electron chi connectivity index (χ4n) is 2.28. The average molecular weight is 306 g/mol. The van der Waals surface area contributed by atoms with Crippen LogP contribution in [-0.2, 0) is 0 Å². The summed E-state index contributed by atoms with van der Waals surface area (Å²) in [5.74, 6) is 1.67. The third-order valence-electron chi connectivity index (χ3n) is 3.77. The molecule has 1 aliphatic carbocycles. The number of rotatable bonds is 4. The molecular formula is C16H17ClFN3. The van der Waals surface area contributed by atoms with E-state index in [1.54, 1.807) is 12.1 Å². The van der Waals surface area contributed by atoms with Gasteiger partial charge in [0.25, 0.3) is 0 Å². The topological polar surface area (TPSA) is 37.8 Å². The van der Waals surface area contributed by atoms with Gasteiger partial charge in [-0.2, -0.15) is 0 Å². The van der Waals surface area contributed by atoms with Gasteiger partial charge in [0, 0.05) is 17.0 Å². The lowest BCUT2D eigenvalue weighted by Crippen LogP contribution is -2.12. The monoisotopic (exact) mass is 305 g/mol. The van der Waals surface area contributed by atoms with Crippen molar-refractivity contribution in [2.45, 2.75) is 38.6 Å². The van der Waals surface area contributed by atoms with Crippen molar-refractivity contribution in [3.8, 4) is 0 Å². The minimum atomic E-state index is -0.224. The smallest absolute Gasteiger partial charge is 0.137 e. The van der Waals surface area contributed by atoms with Gasteiger partial charge in [-0.25, -0.2) is 14.4 Å². The van der Waals surface area contributed by atoms with Crippen molar-refractivity contribution in [3.05, 3.63) is 52.2 Å². The number of hydrogen-bond acceptors (Lipinski definition) is 3. The van der Waals surface area contributed by atoms with Crippen LogP contribution in [0.25, 0.3) is 0 Å². The van der Waals surface area contributed by atoms with Crippen molar-refractivity contribution in [2.24, 2.45) is 0 Å². The maximum atomic E-state index is 13.8. The molecular weight excluding hydrogens is 289 g/mol. The van der Waals surface area contributed by atoms with Gasteiger partial charge in [0.2, 0.25) is 0 Å². The van der Waals surface area contributed by atoms with E-state index in [9.17, 15) is 4.39 Å². The second-order valence-electron chi connectivity index (χ2n) is 5.51. The van der Waals surface area contributed by atoms with Gasteiger partial charge in [-0.15, -0.1) is 0 Å². The van der Waals surface area contributed by atoms with Gasteiger partial charge in [-0.1, -0.05) is 29.8 Å². The molecule has 1 atom stereocenters. The Labute approximate surface area is 128 Å². The highest BCUT2D eigenvalue weighted by Gasteiger charge is 2.28. The SMILES string of the molecule is Cc1c(Cl)nc(C2CC2)nc1NC(C)c1ccccc1F.